The van der Waals surface area contributed by atoms with E-state index in [1.807, 2.05) is 24.3 Å². The van der Waals surface area contributed by atoms with E-state index in [0.717, 1.165) is 10.0 Å². The Kier molecular flexibility index (Phi) is 4.68. The summed E-state index contributed by atoms with van der Waals surface area (Å²) in [5.41, 5.74) is 1.05. The molecular formula is C11H12BrNO. The highest BCUT2D eigenvalue weighted by molar-refractivity contribution is 9.10. The van der Waals surface area contributed by atoms with Crippen LogP contribution >= 0.6 is 15.9 Å². The zero-order valence-electron chi connectivity index (χ0n) is 7.96. The van der Waals surface area contributed by atoms with Crippen LogP contribution in [0.5, 0.6) is 0 Å². The Morgan fingerprint density at radius 1 is 1.64 bits per heavy atom. The number of nitrogens with one attached hydrogen (secondary N) is 1. The van der Waals surface area contributed by atoms with Gasteiger partial charge in [0.1, 0.15) is 6.23 Å². The fourth-order valence-electron chi connectivity index (χ4n) is 1.16. The lowest BCUT2D eigenvalue weighted by Gasteiger charge is -2.16. The molecule has 0 aliphatic carbocycles. The number of hydrogen-bond acceptors (Lipinski definition) is 2. The molecule has 1 aromatic carbocycles. The van der Waals surface area contributed by atoms with Crippen LogP contribution in [-0.4, -0.2) is 13.7 Å². The van der Waals surface area contributed by atoms with Gasteiger partial charge in [-0.15, -0.1) is 6.42 Å². The lowest BCUT2D eigenvalue weighted by Crippen LogP contribution is -2.22. The molecule has 0 aliphatic rings. The SMILES string of the molecule is C#CCNC(OC)c1cccc(Br)c1. The van der Waals surface area contributed by atoms with Crippen LogP contribution in [0.25, 0.3) is 0 Å². The normalized spacial score (nSPS) is 12.1. The van der Waals surface area contributed by atoms with Crippen molar-refractivity contribution in [2.75, 3.05) is 13.7 Å². The zero-order chi connectivity index (χ0) is 10.4. The third kappa shape index (κ3) is 3.15. The molecule has 0 spiro atoms. The van der Waals surface area contributed by atoms with Crippen molar-refractivity contribution >= 4 is 15.9 Å². The summed E-state index contributed by atoms with van der Waals surface area (Å²) in [5.74, 6) is 2.51. The molecule has 1 N–H and O–H groups in total. The van der Waals surface area contributed by atoms with Crippen molar-refractivity contribution in [3.05, 3.63) is 34.3 Å². The van der Waals surface area contributed by atoms with E-state index in [1.54, 1.807) is 7.11 Å². The first-order valence-corrected chi connectivity index (χ1v) is 5.02. The second kappa shape index (κ2) is 5.82. The van der Waals surface area contributed by atoms with Gasteiger partial charge in [-0.3, -0.25) is 5.32 Å². The molecule has 74 valence electrons. The third-order valence-electron chi connectivity index (χ3n) is 1.78. The smallest absolute Gasteiger partial charge is 0.134 e. The van der Waals surface area contributed by atoms with E-state index in [0.29, 0.717) is 6.54 Å². The van der Waals surface area contributed by atoms with Gasteiger partial charge in [0.15, 0.2) is 0 Å². The quantitative estimate of drug-likeness (QED) is 0.657. The summed E-state index contributed by atoms with van der Waals surface area (Å²) < 4.78 is 6.29. The predicted octanol–water partition coefficient (Wildman–Crippen LogP) is 2.32. The van der Waals surface area contributed by atoms with Crippen LogP contribution in [0, 0.1) is 12.3 Å². The molecule has 0 radical (unpaired) electrons. The number of halogens is 1. The largest absolute Gasteiger partial charge is 0.362 e. The molecule has 14 heavy (non-hydrogen) atoms. The van der Waals surface area contributed by atoms with Crippen molar-refractivity contribution in [3.8, 4) is 12.3 Å². The Morgan fingerprint density at radius 2 is 2.43 bits per heavy atom. The first-order valence-electron chi connectivity index (χ1n) is 4.23. The van der Waals surface area contributed by atoms with E-state index in [9.17, 15) is 0 Å². The van der Waals surface area contributed by atoms with Crippen molar-refractivity contribution in [3.63, 3.8) is 0 Å². The minimum Gasteiger partial charge on any atom is -0.362 e. The van der Waals surface area contributed by atoms with Crippen LogP contribution < -0.4 is 5.32 Å². The van der Waals surface area contributed by atoms with Crippen LogP contribution in [0.1, 0.15) is 11.8 Å². The second-order valence-corrected chi connectivity index (χ2v) is 3.67. The molecule has 2 nitrogen and oxygen atoms in total. The van der Waals surface area contributed by atoms with Gasteiger partial charge in [0.2, 0.25) is 0 Å². The highest BCUT2D eigenvalue weighted by Gasteiger charge is 2.08. The van der Waals surface area contributed by atoms with Crippen molar-refractivity contribution in [1.29, 1.82) is 0 Å². The lowest BCUT2D eigenvalue weighted by molar-refractivity contribution is 0.0776. The van der Waals surface area contributed by atoms with E-state index in [1.165, 1.54) is 0 Å². The Labute approximate surface area is 92.8 Å². The van der Waals surface area contributed by atoms with Crippen molar-refractivity contribution in [1.82, 2.24) is 5.32 Å². The van der Waals surface area contributed by atoms with Gasteiger partial charge < -0.3 is 4.74 Å². The topological polar surface area (TPSA) is 21.3 Å². The van der Waals surface area contributed by atoms with E-state index >= 15 is 0 Å². The van der Waals surface area contributed by atoms with Gasteiger partial charge in [-0.05, 0) is 17.7 Å². The molecule has 0 aromatic heterocycles. The highest BCUT2D eigenvalue weighted by Crippen LogP contribution is 2.18. The first-order chi connectivity index (χ1) is 6.77. The molecule has 1 aromatic rings. The number of methoxy groups -OCH3 is 1. The maximum absolute atomic E-state index is 5.27. The standard InChI is InChI=1S/C11H12BrNO/c1-3-7-13-11(14-2)9-5-4-6-10(12)8-9/h1,4-6,8,11,13H,7H2,2H3. The van der Waals surface area contributed by atoms with Gasteiger partial charge in [0.05, 0.1) is 6.54 Å². The van der Waals surface area contributed by atoms with Gasteiger partial charge in [-0.1, -0.05) is 34.0 Å². The molecule has 0 amide bonds. The van der Waals surface area contributed by atoms with E-state index in [-0.39, 0.29) is 6.23 Å². The van der Waals surface area contributed by atoms with Crippen LogP contribution in [-0.2, 0) is 4.74 Å². The summed E-state index contributed by atoms with van der Waals surface area (Å²) in [4.78, 5) is 0. The van der Waals surface area contributed by atoms with E-state index in [2.05, 4.69) is 27.2 Å². The number of ether oxygens (including phenoxy) is 1. The van der Waals surface area contributed by atoms with Crippen LogP contribution in [0.4, 0.5) is 0 Å². The van der Waals surface area contributed by atoms with Crippen LogP contribution in [0.15, 0.2) is 28.7 Å². The molecule has 0 aliphatic heterocycles. The summed E-state index contributed by atoms with van der Waals surface area (Å²) in [6, 6.07) is 7.92. The number of terminal acetylenes is 1. The molecule has 1 atom stereocenters. The molecule has 1 unspecified atom stereocenters. The fraction of sp³-hybridized carbons (Fsp3) is 0.273. The number of rotatable bonds is 4. The second-order valence-electron chi connectivity index (χ2n) is 2.76. The summed E-state index contributed by atoms with van der Waals surface area (Å²) in [7, 11) is 1.65. The molecule has 1 rings (SSSR count). The monoisotopic (exact) mass is 253 g/mol. The Bertz CT molecular complexity index is 332. The minimum atomic E-state index is -0.149. The molecule has 3 heteroatoms. The van der Waals surface area contributed by atoms with Crippen molar-refractivity contribution in [2.45, 2.75) is 6.23 Å². The van der Waals surface area contributed by atoms with Crippen molar-refractivity contribution < 1.29 is 4.74 Å². The maximum Gasteiger partial charge on any atom is 0.134 e. The highest BCUT2D eigenvalue weighted by atomic mass is 79.9. The average Bonchev–Trinajstić information content (AvgIpc) is 2.19. The fourth-order valence-corrected chi connectivity index (χ4v) is 1.58. The number of benzene rings is 1. The molecule has 0 saturated carbocycles. The summed E-state index contributed by atoms with van der Waals surface area (Å²) in [5, 5.41) is 3.08. The number of hydrogen-bond donors (Lipinski definition) is 1. The van der Waals surface area contributed by atoms with Gasteiger partial charge in [-0.25, -0.2) is 0 Å². The Hall–Kier alpha value is -0.820. The zero-order valence-corrected chi connectivity index (χ0v) is 9.54. The van der Waals surface area contributed by atoms with Gasteiger partial charge in [-0.2, -0.15) is 0 Å². The molecule has 0 fully saturated rings. The van der Waals surface area contributed by atoms with Gasteiger partial charge in [0.25, 0.3) is 0 Å². The van der Waals surface area contributed by atoms with Crippen molar-refractivity contribution in [2.24, 2.45) is 0 Å². The Balaban J connectivity index is 2.74. The Morgan fingerprint density at radius 3 is 3.00 bits per heavy atom. The predicted molar refractivity (Wildman–Crippen MR) is 60.7 cm³/mol. The first kappa shape index (κ1) is 11.3. The van der Waals surface area contributed by atoms with E-state index < -0.39 is 0 Å². The van der Waals surface area contributed by atoms with E-state index in [4.69, 9.17) is 11.2 Å². The molecule has 0 saturated heterocycles. The summed E-state index contributed by atoms with van der Waals surface area (Å²) in [6.07, 6.45) is 5.01. The van der Waals surface area contributed by atoms with Crippen LogP contribution in [0.3, 0.4) is 0 Å². The maximum atomic E-state index is 5.27. The average molecular weight is 254 g/mol. The third-order valence-corrected chi connectivity index (χ3v) is 2.27. The summed E-state index contributed by atoms with van der Waals surface area (Å²) >= 11 is 3.40. The molecule has 0 heterocycles. The lowest BCUT2D eigenvalue weighted by atomic mass is 10.2. The van der Waals surface area contributed by atoms with Gasteiger partial charge >= 0.3 is 0 Å². The molecule has 0 bridgehead atoms. The molecular weight excluding hydrogens is 242 g/mol. The van der Waals surface area contributed by atoms with Gasteiger partial charge in [0, 0.05) is 11.6 Å². The van der Waals surface area contributed by atoms with Crippen LogP contribution in [0.2, 0.25) is 0 Å². The summed E-state index contributed by atoms with van der Waals surface area (Å²) in [6.45, 7) is 0.491. The minimum absolute atomic E-state index is 0.149.